The third-order valence-electron chi connectivity index (χ3n) is 2.74. The summed E-state index contributed by atoms with van der Waals surface area (Å²) in [4.78, 5) is 11.5. The molecule has 2 unspecified atom stereocenters. The summed E-state index contributed by atoms with van der Waals surface area (Å²) in [6.07, 6.45) is 3.72. The molecule has 1 aliphatic heterocycles. The number of rotatable bonds is 6. The Bertz CT molecular complexity index is 191. The monoisotopic (exact) mass is 214 g/mol. The molecule has 0 aromatic rings. The van der Waals surface area contributed by atoms with Gasteiger partial charge in [-0.25, -0.2) is 0 Å². The predicted molar refractivity (Wildman–Crippen MR) is 59.4 cm³/mol. The number of amides is 1. The highest BCUT2D eigenvalue weighted by Crippen LogP contribution is 2.14. The lowest BCUT2D eigenvalue weighted by molar-refractivity contribution is -0.123. The molecular weight excluding hydrogens is 192 g/mol. The molecule has 2 atom stereocenters. The van der Waals surface area contributed by atoms with Crippen LogP contribution in [0.5, 0.6) is 0 Å². The highest BCUT2D eigenvalue weighted by atomic mass is 16.5. The molecule has 0 spiro atoms. The Labute approximate surface area is 91.5 Å². The van der Waals surface area contributed by atoms with Crippen LogP contribution in [0.15, 0.2) is 0 Å². The second-order valence-corrected chi connectivity index (χ2v) is 4.33. The second-order valence-electron chi connectivity index (χ2n) is 4.33. The van der Waals surface area contributed by atoms with Gasteiger partial charge in [0.25, 0.3) is 0 Å². The van der Waals surface area contributed by atoms with E-state index in [0.29, 0.717) is 18.9 Å². The van der Waals surface area contributed by atoms with Crippen molar-refractivity contribution in [1.29, 1.82) is 0 Å². The first-order valence-electron chi connectivity index (χ1n) is 5.80. The van der Waals surface area contributed by atoms with Crippen molar-refractivity contribution in [3.8, 4) is 0 Å². The van der Waals surface area contributed by atoms with Crippen LogP contribution < -0.4 is 11.1 Å². The summed E-state index contributed by atoms with van der Waals surface area (Å²) in [7, 11) is 0. The smallest absolute Gasteiger partial charge is 0.222 e. The van der Waals surface area contributed by atoms with E-state index in [2.05, 4.69) is 12.2 Å². The Kier molecular flexibility index (Phi) is 5.65. The maximum absolute atomic E-state index is 11.5. The van der Waals surface area contributed by atoms with Crippen LogP contribution >= 0.6 is 0 Å². The number of nitrogens with two attached hydrogens (primary N) is 1. The molecule has 0 radical (unpaired) electrons. The molecule has 1 heterocycles. The summed E-state index contributed by atoms with van der Waals surface area (Å²) in [6.45, 7) is 4.31. The molecule has 0 bridgehead atoms. The zero-order valence-corrected chi connectivity index (χ0v) is 9.50. The van der Waals surface area contributed by atoms with Crippen LogP contribution in [-0.2, 0) is 9.53 Å². The predicted octanol–water partition coefficient (Wildman–Crippen LogP) is 0.657. The van der Waals surface area contributed by atoms with Gasteiger partial charge in [0.1, 0.15) is 0 Å². The molecule has 1 rings (SSSR count). The third-order valence-corrected chi connectivity index (χ3v) is 2.74. The van der Waals surface area contributed by atoms with Crippen molar-refractivity contribution in [2.45, 2.75) is 38.7 Å². The molecule has 0 aromatic carbocycles. The quantitative estimate of drug-likeness (QED) is 0.682. The first kappa shape index (κ1) is 12.5. The SMILES string of the molecule is CC(CCN)CNC(=O)CC1CCCO1. The van der Waals surface area contributed by atoms with Crippen molar-refractivity contribution in [3.05, 3.63) is 0 Å². The number of carbonyl (C=O) groups excluding carboxylic acids is 1. The minimum absolute atomic E-state index is 0.103. The zero-order valence-electron chi connectivity index (χ0n) is 9.50. The second kappa shape index (κ2) is 6.80. The lowest BCUT2D eigenvalue weighted by Gasteiger charge is -2.13. The number of nitrogens with one attached hydrogen (secondary N) is 1. The first-order chi connectivity index (χ1) is 7.22. The fourth-order valence-corrected chi connectivity index (χ4v) is 1.76. The number of ether oxygens (including phenoxy) is 1. The van der Waals surface area contributed by atoms with E-state index in [-0.39, 0.29) is 12.0 Å². The summed E-state index contributed by atoms with van der Waals surface area (Å²) in [6, 6.07) is 0. The Hall–Kier alpha value is -0.610. The minimum atomic E-state index is 0.103. The van der Waals surface area contributed by atoms with Gasteiger partial charge in [-0.3, -0.25) is 4.79 Å². The van der Waals surface area contributed by atoms with Crippen LogP contribution in [0, 0.1) is 5.92 Å². The molecular formula is C11H22N2O2. The maximum Gasteiger partial charge on any atom is 0.222 e. The van der Waals surface area contributed by atoms with Gasteiger partial charge in [0.2, 0.25) is 5.91 Å². The van der Waals surface area contributed by atoms with Gasteiger partial charge in [0.15, 0.2) is 0 Å². The molecule has 0 saturated carbocycles. The Balaban J connectivity index is 2.07. The van der Waals surface area contributed by atoms with Gasteiger partial charge >= 0.3 is 0 Å². The molecule has 4 nitrogen and oxygen atoms in total. The van der Waals surface area contributed by atoms with E-state index < -0.39 is 0 Å². The molecule has 0 aliphatic carbocycles. The van der Waals surface area contributed by atoms with Gasteiger partial charge < -0.3 is 15.8 Å². The van der Waals surface area contributed by atoms with Crippen molar-refractivity contribution in [2.24, 2.45) is 11.7 Å². The lowest BCUT2D eigenvalue weighted by Crippen LogP contribution is -2.31. The summed E-state index contributed by atoms with van der Waals surface area (Å²) in [5.74, 6) is 0.564. The topological polar surface area (TPSA) is 64.3 Å². The average Bonchev–Trinajstić information content (AvgIpc) is 2.68. The van der Waals surface area contributed by atoms with E-state index >= 15 is 0 Å². The molecule has 1 amide bonds. The van der Waals surface area contributed by atoms with Crippen LogP contribution in [0.2, 0.25) is 0 Å². The van der Waals surface area contributed by atoms with E-state index in [9.17, 15) is 4.79 Å². The minimum Gasteiger partial charge on any atom is -0.378 e. The molecule has 4 heteroatoms. The zero-order chi connectivity index (χ0) is 11.1. The standard InChI is InChI=1S/C11H22N2O2/c1-9(4-5-12)8-13-11(14)7-10-3-2-6-15-10/h9-10H,2-8,12H2,1H3,(H,13,14). The third kappa shape index (κ3) is 5.14. The Morgan fingerprint density at radius 3 is 3.07 bits per heavy atom. The molecule has 1 fully saturated rings. The van der Waals surface area contributed by atoms with Gasteiger partial charge in [-0.05, 0) is 31.7 Å². The van der Waals surface area contributed by atoms with Crippen LogP contribution in [0.3, 0.4) is 0 Å². The van der Waals surface area contributed by atoms with Gasteiger partial charge in [-0.1, -0.05) is 6.92 Å². The van der Waals surface area contributed by atoms with Gasteiger partial charge in [-0.2, -0.15) is 0 Å². The van der Waals surface area contributed by atoms with Crippen LogP contribution in [-0.4, -0.2) is 31.7 Å². The van der Waals surface area contributed by atoms with Crippen molar-refractivity contribution < 1.29 is 9.53 Å². The van der Waals surface area contributed by atoms with Crippen molar-refractivity contribution >= 4 is 5.91 Å². The molecule has 1 saturated heterocycles. The van der Waals surface area contributed by atoms with Crippen molar-refractivity contribution in [1.82, 2.24) is 5.32 Å². The fourth-order valence-electron chi connectivity index (χ4n) is 1.76. The molecule has 1 aliphatic rings. The van der Waals surface area contributed by atoms with Gasteiger partial charge in [0, 0.05) is 13.2 Å². The Morgan fingerprint density at radius 2 is 2.47 bits per heavy atom. The summed E-state index contributed by atoms with van der Waals surface area (Å²) >= 11 is 0. The molecule has 0 aromatic heterocycles. The van der Waals surface area contributed by atoms with E-state index in [1.165, 1.54) is 0 Å². The number of hydrogen-bond donors (Lipinski definition) is 2. The molecule has 3 N–H and O–H groups in total. The van der Waals surface area contributed by atoms with E-state index in [1.807, 2.05) is 0 Å². The highest BCUT2D eigenvalue weighted by Gasteiger charge is 2.18. The highest BCUT2D eigenvalue weighted by molar-refractivity contribution is 5.76. The first-order valence-corrected chi connectivity index (χ1v) is 5.80. The summed E-state index contributed by atoms with van der Waals surface area (Å²) in [5, 5.41) is 2.92. The fraction of sp³-hybridized carbons (Fsp3) is 0.909. The van der Waals surface area contributed by atoms with Gasteiger partial charge in [0.05, 0.1) is 12.5 Å². The summed E-state index contributed by atoms with van der Waals surface area (Å²) in [5.41, 5.74) is 5.44. The van der Waals surface area contributed by atoms with E-state index in [0.717, 1.165) is 32.4 Å². The molecule has 15 heavy (non-hydrogen) atoms. The lowest BCUT2D eigenvalue weighted by atomic mass is 10.1. The van der Waals surface area contributed by atoms with Crippen molar-refractivity contribution in [2.75, 3.05) is 19.7 Å². The van der Waals surface area contributed by atoms with Gasteiger partial charge in [-0.15, -0.1) is 0 Å². The summed E-state index contributed by atoms with van der Waals surface area (Å²) < 4.78 is 5.40. The Morgan fingerprint density at radius 1 is 1.67 bits per heavy atom. The van der Waals surface area contributed by atoms with Crippen LogP contribution in [0.1, 0.15) is 32.6 Å². The number of hydrogen-bond acceptors (Lipinski definition) is 3. The molecule has 88 valence electrons. The average molecular weight is 214 g/mol. The number of carbonyl (C=O) groups is 1. The van der Waals surface area contributed by atoms with Crippen molar-refractivity contribution in [3.63, 3.8) is 0 Å². The normalized spacial score (nSPS) is 22.7. The van der Waals surface area contributed by atoms with Crippen LogP contribution in [0.4, 0.5) is 0 Å². The largest absolute Gasteiger partial charge is 0.378 e. The van der Waals surface area contributed by atoms with E-state index in [1.54, 1.807) is 0 Å². The van der Waals surface area contributed by atoms with E-state index in [4.69, 9.17) is 10.5 Å². The van der Waals surface area contributed by atoms with Crippen LogP contribution in [0.25, 0.3) is 0 Å². The maximum atomic E-state index is 11.5.